The Labute approximate surface area is 112 Å². The molecule has 2 amide bonds. The van der Waals surface area contributed by atoms with E-state index in [4.69, 9.17) is 5.73 Å². The Morgan fingerprint density at radius 3 is 2.72 bits per heavy atom. The van der Waals surface area contributed by atoms with E-state index in [2.05, 4.69) is 15.6 Å². The summed E-state index contributed by atoms with van der Waals surface area (Å²) in [7, 11) is 0. The number of hydrogen-bond acceptors (Lipinski definition) is 4. The molecule has 0 fully saturated rings. The van der Waals surface area contributed by atoms with Gasteiger partial charge in [-0.25, -0.2) is 0 Å². The molecule has 0 aliphatic rings. The number of nitrogens with zero attached hydrogens (tertiary/aromatic N) is 1. The minimum atomic E-state index is -0.401. The smallest absolute Gasteiger partial charge is 0.255 e. The van der Waals surface area contributed by atoms with Crippen molar-refractivity contribution in [1.29, 1.82) is 0 Å². The monoisotopic (exact) mass is 272 g/mol. The molecular weight excluding hydrogens is 256 g/mol. The number of hydrogen-bond donors (Lipinski definition) is 3. The second-order valence-corrected chi connectivity index (χ2v) is 3.50. The molecule has 0 saturated carbocycles. The fourth-order valence-corrected chi connectivity index (χ4v) is 1.18. The summed E-state index contributed by atoms with van der Waals surface area (Å²) in [6, 6.07) is 1.53. The van der Waals surface area contributed by atoms with Crippen LogP contribution in [0.1, 0.15) is 23.7 Å². The quantitative estimate of drug-likeness (QED) is 0.720. The van der Waals surface area contributed by atoms with Gasteiger partial charge in [0, 0.05) is 24.6 Å². The number of nitrogens with two attached hydrogens (primary N) is 1. The lowest BCUT2D eigenvalue weighted by Gasteiger charge is -2.07. The standard InChI is InChI=1S/C11H16N4O2.ClH/c1-2-4-14-10(16)7-15-11(17)8-6-13-5-3-9(8)12;/h3,5-6H,2,4,7H2,1H3,(H2,12,13)(H,14,16)(H,15,17);1H. The molecule has 0 aliphatic carbocycles. The van der Waals surface area contributed by atoms with E-state index in [9.17, 15) is 9.59 Å². The van der Waals surface area contributed by atoms with Crippen LogP contribution in [-0.4, -0.2) is 29.9 Å². The summed E-state index contributed by atoms with van der Waals surface area (Å²) in [5.41, 5.74) is 6.22. The maximum absolute atomic E-state index is 11.6. The van der Waals surface area contributed by atoms with E-state index in [1.165, 1.54) is 18.5 Å². The molecule has 7 heteroatoms. The fourth-order valence-electron chi connectivity index (χ4n) is 1.18. The summed E-state index contributed by atoms with van der Waals surface area (Å²) in [5, 5.41) is 5.13. The number of carbonyl (C=O) groups excluding carboxylic acids is 2. The van der Waals surface area contributed by atoms with Gasteiger partial charge in [-0.15, -0.1) is 12.4 Å². The van der Waals surface area contributed by atoms with Crippen molar-refractivity contribution in [1.82, 2.24) is 15.6 Å². The first kappa shape index (κ1) is 16.2. The Bertz CT molecular complexity index is 412. The Morgan fingerprint density at radius 1 is 1.39 bits per heavy atom. The van der Waals surface area contributed by atoms with Crippen molar-refractivity contribution in [2.24, 2.45) is 0 Å². The minimum Gasteiger partial charge on any atom is -0.398 e. The number of aromatic nitrogens is 1. The van der Waals surface area contributed by atoms with Crippen LogP contribution in [0.2, 0.25) is 0 Å². The van der Waals surface area contributed by atoms with Crippen LogP contribution in [0.15, 0.2) is 18.5 Å². The highest BCUT2D eigenvalue weighted by Crippen LogP contribution is 2.07. The van der Waals surface area contributed by atoms with Gasteiger partial charge in [-0.1, -0.05) is 6.92 Å². The van der Waals surface area contributed by atoms with Crippen LogP contribution in [-0.2, 0) is 4.79 Å². The molecule has 0 unspecified atom stereocenters. The molecule has 1 rings (SSSR count). The lowest BCUT2D eigenvalue weighted by molar-refractivity contribution is -0.120. The molecule has 18 heavy (non-hydrogen) atoms. The summed E-state index contributed by atoms with van der Waals surface area (Å²) >= 11 is 0. The number of pyridine rings is 1. The van der Waals surface area contributed by atoms with Crippen LogP contribution >= 0.6 is 12.4 Å². The highest BCUT2D eigenvalue weighted by atomic mass is 35.5. The summed E-state index contributed by atoms with van der Waals surface area (Å²) in [6.07, 6.45) is 3.73. The molecule has 1 aromatic heterocycles. The highest BCUT2D eigenvalue weighted by Gasteiger charge is 2.10. The van der Waals surface area contributed by atoms with Gasteiger partial charge in [0.15, 0.2) is 0 Å². The molecule has 0 spiro atoms. The topological polar surface area (TPSA) is 97.1 Å². The van der Waals surface area contributed by atoms with Gasteiger partial charge < -0.3 is 16.4 Å². The van der Waals surface area contributed by atoms with Crippen molar-refractivity contribution in [2.45, 2.75) is 13.3 Å². The van der Waals surface area contributed by atoms with E-state index >= 15 is 0 Å². The van der Waals surface area contributed by atoms with E-state index in [1.54, 1.807) is 0 Å². The van der Waals surface area contributed by atoms with E-state index in [-0.39, 0.29) is 30.4 Å². The summed E-state index contributed by atoms with van der Waals surface area (Å²) in [6.45, 7) is 2.49. The number of rotatable bonds is 5. The molecule has 1 aromatic rings. The van der Waals surface area contributed by atoms with Gasteiger partial charge in [0.2, 0.25) is 5.91 Å². The zero-order valence-electron chi connectivity index (χ0n) is 10.1. The maximum atomic E-state index is 11.6. The number of anilines is 1. The van der Waals surface area contributed by atoms with Crippen LogP contribution in [0.4, 0.5) is 5.69 Å². The molecule has 0 bridgehead atoms. The van der Waals surface area contributed by atoms with Crippen molar-refractivity contribution >= 4 is 29.9 Å². The third-order valence-electron chi connectivity index (χ3n) is 2.08. The highest BCUT2D eigenvalue weighted by molar-refractivity contribution is 6.00. The minimum absolute atomic E-state index is 0. The summed E-state index contributed by atoms with van der Waals surface area (Å²) in [4.78, 5) is 26.7. The Balaban J connectivity index is 0.00000289. The third kappa shape index (κ3) is 5.01. The van der Waals surface area contributed by atoms with E-state index in [1.807, 2.05) is 6.92 Å². The van der Waals surface area contributed by atoms with Gasteiger partial charge in [-0.2, -0.15) is 0 Å². The van der Waals surface area contributed by atoms with Gasteiger partial charge in [0.1, 0.15) is 0 Å². The van der Waals surface area contributed by atoms with Crippen molar-refractivity contribution in [3.8, 4) is 0 Å². The first-order valence-corrected chi connectivity index (χ1v) is 5.39. The van der Waals surface area contributed by atoms with Crippen molar-refractivity contribution < 1.29 is 9.59 Å². The van der Waals surface area contributed by atoms with Crippen molar-refractivity contribution in [2.75, 3.05) is 18.8 Å². The number of nitrogen functional groups attached to an aromatic ring is 1. The normalized spacial score (nSPS) is 9.17. The fraction of sp³-hybridized carbons (Fsp3) is 0.364. The predicted molar refractivity (Wildman–Crippen MR) is 71.5 cm³/mol. The third-order valence-corrected chi connectivity index (χ3v) is 2.08. The average Bonchev–Trinajstić information content (AvgIpc) is 2.34. The second kappa shape index (κ2) is 8.30. The zero-order valence-corrected chi connectivity index (χ0v) is 10.9. The van der Waals surface area contributed by atoms with Crippen LogP contribution in [0.5, 0.6) is 0 Å². The van der Waals surface area contributed by atoms with E-state index < -0.39 is 5.91 Å². The lowest BCUT2D eigenvalue weighted by atomic mass is 10.2. The van der Waals surface area contributed by atoms with Crippen LogP contribution in [0, 0.1) is 0 Å². The van der Waals surface area contributed by atoms with Gasteiger partial charge in [0.05, 0.1) is 12.1 Å². The molecule has 1 heterocycles. The first-order valence-electron chi connectivity index (χ1n) is 5.39. The largest absolute Gasteiger partial charge is 0.398 e. The average molecular weight is 273 g/mol. The molecule has 4 N–H and O–H groups in total. The molecule has 100 valence electrons. The molecule has 0 aliphatic heterocycles. The van der Waals surface area contributed by atoms with Crippen LogP contribution < -0.4 is 16.4 Å². The molecule has 0 aromatic carbocycles. The number of amides is 2. The van der Waals surface area contributed by atoms with Crippen molar-refractivity contribution in [3.63, 3.8) is 0 Å². The van der Waals surface area contributed by atoms with Gasteiger partial charge in [-0.05, 0) is 12.5 Å². The number of nitrogens with one attached hydrogen (secondary N) is 2. The summed E-state index contributed by atoms with van der Waals surface area (Å²) in [5.74, 6) is -0.620. The number of halogens is 1. The van der Waals surface area contributed by atoms with E-state index in [0.717, 1.165) is 6.42 Å². The zero-order chi connectivity index (χ0) is 12.7. The predicted octanol–water partition coefficient (Wildman–Crippen LogP) is 0.342. The molecule has 0 saturated heterocycles. The first-order chi connectivity index (χ1) is 8.15. The number of carbonyl (C=O) groups is 2. The van der Waals surface area contributed by atoms with Gasteiger partial charge in [-0.3, -0.25) is 14.6 Å². The maximum Gasteiger partial charge on any atom is 0.255 e. The Hall–Kier alpha value is -1.82. The molecule has 0 atom stereocenters. The molecule has 6 nitrogen and oxygen atoms in total. The summed E-state index contributed by atoms with van der Waals surface area (Å²) < 4.78 is 0. The van der Waals surface area contributed by atoms with Gasteiger partial charge >= 0.3 is 0 Å². The van der Waals surface area contributed by atoms with E-state index in [0.29, 0.717) is 12.2 Å². The van der Waals surface area contributed by atoms with Gasteiger partial charge in [0.25, 0.3) is 5.91 Å². The molecular formula is C11H17ClN4O2. The molecule has 0 radical (unpaired) electrons. The van der Waals surface area contributed by atoms with Crippen LogP contribution in [0.25, 0.3) is 0 Å². The SMILES string of the molecule is CCCNC(=O)CNC(=O)c1cnccc1N.Cl. The Kier molecular flexibility index (Phi) is 7.46. The van der Waals surface area contributed by atoms with Crippen LogP contribution in [0.3, 0.4) is 0 Å². The Morgan fingerprint density at radius 2 is 2.11 bits per heavy atom. The second-order valence-electron chi connectivity index (χ2n) is 3.50. The lowest BCUT2D eigenvalue weighted by Crippen LogP contribution is -2.37. The van der Waals surface area contributed by atoms with Crippen molar-refractivity contribution in [3.05, 3.63) is 24.0 Å².